The Bertz CT molecular complexity index is 208. The van der Waals surface area contributed by atoms with Gasteiger partial charge in [0.1, 0.15) is 0 Å². The van der Waals surface area contributed by atoms with Gasteiger partial charge in [-0.1, -0.05) is 6.42 Å². The molecular weight excluding hydrogens is 206 g/mol. The Morgan fingerprint density at radius 3 is 2.75 bits per heavy atom. The van der Waals surface area contributed by atoms with Crippen LogP contribution in [0.2, 0.25) is 0 Å². The Morgan fingerprint density at radius 2 is 2.06 bits per heavy atom. The summed E-state index contributed by atoms with van der Waals surface area (Å²) in [5.74, 6) is -0.796. The average molecular weight is 229 g/mol. The molecule has 0 amide bonds. The molecule has 1 aliphatic carbocycles. The number of rotatable bonds is 7. The number of aliphatic carboxylic acids is 1. The van der Waals surface area contributed by atoms with Crippen molar-refractivity contribution in [2.75, 3.05) is 13.2 Å². The molecule has 4 heteroatoms. The normalized spacial score (nSPS) is 25.6. The molecule has 16 heavy (non-hydrogen) atoms. The van der Waals surface area contributed by atoms with Crippen molar-refractivity contribution in [3.63, 3.8) is 0 Å². The molecule has 0 aromatic rings. The fraction of sp³-hybridized carbons (Fsp3) is 0.917. The van der Waals surface area contributed by atoms with E-state index in [-0.39, 0.29) is 12.5 Å². The molecular formula is C12H23NO3. The lowest BCUT2D eigenvalue weighted by molar-refractivity contribution is -0.143. The number of hydrogen-bond acceptors (Lipinski definition) is 3. The van der Waals surface area contributed by atoms with E-state index in [1.165, 1.54) is 0 Å². The van der Waals surface area contributed by atoms with Crippen LogP contribution in [0.5, 0.6) is 0 Å². The number of carboxylic acids is 1. The van der Waals surface area contributed by atoms with Crippen molar-refractivity contribution in [3.05, 3.63) is 0 Å². The topological polar surface area (TPSA) is 69.6 Å². The third-order valence-electron chi connectivity index (χ3n) is 3.29. The number of aliphatic hydroxyl groups excluding tert-OH is 1. The molecule has 0 aromatic carbocycles. The Morgan fingerprint density at radius 1 is 1.25 bits per heavy atom. The second-order valence-electron chi connectivity index (χ2n) is 4.64. The summed E-state index contributed by atoms with van der Waals surface area (Å²) in [5.41, 5.74) is 0. The van der Waals surface area contributed by atoms with Crippen molar-refractivity contribution in [2.24, 2.45) is 5.92 Å². The molecule has 4 nitrogen and oxygen atoms in total. The van der Waals surface area contributed by atoms with E-state index in [1.54, 1.807) is 0 Å². The molecule has 0 radical (unpaired) electrons. The highest BCUT2D eigenvalue weighted by molar-refractivity contribution is 5.70. The van der Waals surface area contributed by atoms with Crippen molar-refractivity contribution < 1.29 is 15.0 Å². The summed E-state index contributed by atoms with van der Waals surface area (Å²) in [4.78, 5) is 10.9. The summed E-state index contributed by atoms with van der Waals surface area (Å²) in [6.45, 7) is 1.21. The van der Waals surface area contributed by atoms with E-state index in [0.717, 1.165) is 51.5 Å². The molecule has 1 fully saturated rings. The summed E-state index contributed by atoms with van der Waals surface area (Å²) < 4.78 is 0. The van der Waals surface area contributed by atoms with Gasteiger partial charge in [-0.3, -0.25) is 4.79 Å². The Kier molecular flexibility index (Phi) is 6.42. The number of carboxylic acid groups (broad SMARTS) is 1. The summed E-state index contributed by atoms with van der Waals surface area (Å²) >= 11 is 0. The predicted molar refractivity (Wildman–Crippen MR) is 62.3 cm³/mol. The second kappa shape index (κ2) is 7.63. The quantitative estimate of drug-likeness (QED) is 0.577. The maximum absolute atomic E-state index is 10.9. The fourth-order valence-corrected chi connectivity index (χ4v) is 2.32. The average Bonchev–Trinajstić information content (AvgIpc) is 2.29. The van der Waals surface area contributed by atoms with Crippen LogP contribution in [0.4, 0.5) is 0 Å². The van der Waals surface area contributed by atoms with E-state index < -0.39 is 5.97 Å². The minimum Gasteiger partial charge on any atom is -0.481 e. The molecule has 0 heterocycles. The van der Waals surface area contributed by atoms with Crippen LogP contribution in [0.1, 0.15) is 44.9 Å². The molecule has 1 saturated carbocycles. The molecule has 1 aliphatic rings. The molecule has 3 N–H and O–H groups in total. The van der Waals surface area contributed by atoms with Crippen LogP contribution in [0.3, 0.4) is 0 Å². The first-order valence-electron chi connectivity index (χ1n) is 6.31. The van der Waals surface area contributed by atoms with E-state index in [0.29, 0.717) is 6.04 Å². The first-order valence-corrected chi connectivity index (χ1v) is 6.31. The number of aliphatic hydroxyl groups is 1. The van der Waals surface area contributed by atoms with Gasteiger partial charge in [-0.2, -0.15) is 0 Å². The fourth-order valence-electron chi connectivity index (χ4n) is 2.32. The SMILES string of the molecule is O=C(O)C1CCCC(NCCCCCO)C1. The summed E-state index contributed by atoms with van der Waals surface area (Å²) in [6.07, 6.45) is 6.69. The van der Waals surface area contributed by atoms with Crippen molar-refractivity contribution >= 4 is 5.97 Å². The second-order valence-corrected chi connectivity index (χ2v) is 4.64. The van der Waals surface area contributed by atoms with Crippen molar-refractivity contribution in [3.8, 4) is 0 Å². The minimum absolute atomic E-state index is 0.149. The summed E-state index contributed by atoms with van der Waals surface area (Å²) in [7, 11) is 0. The van der Waals surface area contributed by atoms with Crippen LogP contribution in [-0.2, 0) is 4.79 Å². The molecule has 2 atom stereocenters. The highest BCUT2D eigenvalue weighted by Crippen LogP contribution is 2.24. The largest absolute Gasteiger partial charge is 0.481 e. The van der Waals surface area contributed by atoms with Gasteiger partial charge in [0, 0.05) is 12.6 Å². The third-order valence-corrected chi connectivity index (χ3v) is 3.29. The van der Waals surface area contributed by atoms with Gasteiger partial charge in [0.2, 0.25) is 0 Å². The molecule has 94 valence electrons. The van der Waals surface area contributed by atoms with Crippen LogP contribution in [-0.4, -0.2) is 35.4 Å². The van der Waals surface area contributed by atoms with Crippen LogP contribution in [0.25, 0.3) is 0 Å². The first-order chi connectivity index (χ1) is 7.74. The highest BCUT2D eigenvalue weighted by atomic mass is 16.4. The van der Waals surface area contributed by atoms with Gasteiger partial charge in [-0.05, 0) is 45.1 Å². The molecule has 2 unspecified atom stereocenters. The van der Waals surface area contributed by atoms with Gasteiger partial charge in [-0.15, -0.1) is 0 Å². The zero-order chi connectivity index (χ0) is 11.8. The van der Waals surface area contributed by atoms with Crippen LogP contribution in [0, 0.1) is 5.92 Å². The number of carbonyl (C=O) groups is 1. The van der Waals surface area contributed by atoms with Gasteiger partial charge in [0.25, 0.3) is 0 Å². The Balaban J connectivity index is 2.10. The molecule has 0 spiro atoms. The van der Waals surface area contributed by atoms with Gasteiger partial charge >= 0.3 is 5.97 Å². The van der Waals surface area contributed by atoms with Crippen molar-refractivity contribution in [1.29, 1.82) is 0 Å². The minimum atomic E-state index is -0.646. The van der Waals surface area contributed by atoms with Gasteiger partial charge in [-0.25, -0.2) is 0 Å². The Hall–Kier alpha value is -0.610. The molecule has 1 rings (SSSR count). The lowest BCUT2D eigenvalue weighted by atomic mass is 9.86. The first kappa shape index (κ1) is 13.5. The highest BCUT2D eigenvalue weighted by Gasteiger charge is 2.26. The van der Waals surface area contributed by atoms with Crippen LogP contribution >= 0.6 is 0 Å². The van der Waals surface area contributed by atoms with E-state index in [1.807, 2.05) is 0 Å². The molecule has 0 bridgehead atoms. The predicted octanol–water partition coefficient (Wildman–Crippen LogP) is 1.38. The van der Waals surface area contributed by atoms with Gasteiger partial charge in [0.15, 0.2) is 0 Å². The Labute approximate surface area is 97.0 Å². The summed E-state index contributed by atoms with van der Waals surface area (Å²) in [6, 6.07) is 0.379. The smallest absolute Gasteiger partial charge is 0.306 e. The summed E-state index contributed by atoms with van der Waals surface area (Å²) in [5, 5.41) is 21.0. The lowest BCUT2D eigenvalue weighted by Gasteiger charge is -2.27. The molecule has 0 aliphatic heterocycles. The molecule has 0 saturated heterocycles. The van der Waals surface area contributed by atoms with Gasteiger partial charge < -0.3 is 15.5 Å². The molecule has 0 aromatic heterocycles. The third kappa shape index (κ3) is 4.94. The van der Waals surface area contributed by atoms with E-state index >= 15 is 0 Å². The van der Waals surface area contributed by atoms with E-state index in [2.05, 4.69) is 5.32 Å². The zero-order valence-corrected chi connectivity index (χ0v) is 9.82. The van der Waals surface area contributed by atoms with Crippen molar-refractivity contribution in [1.82, 2.24) is 5.32 Å². The van der Waals surface area contributed by atoms with E-state index in [4.69, 9.17) is 10.2 Å². The van der Waals surface area contributed by atoms with Crippen LogP contribution in [0.15, 0.2) is 0 Å². The van der Waals surface area contributed by atoms with Crippen molar-refractivity contribution in [2.45, 2.75) is 51.0 Å². The monoisotopic (exact) mass is 229 g/mol. The number of unbranched alkanes of at least 4 members (excludes halogenated alkanes) is 2. The van der Waals surface area contributed by atoms with E-state index in [9.17, 15) is 4.79 Å². The van der Waals surface area contributed by atoms with Crippen LogP contribution < -0.4 is 5.32 Å². The van der Waals surface area contributed by atoms with Gasteiger partial charge in [0.05, 0.1) is 5.92 Å². The standard InChI is InChI=1S/C12H23NO3/c14-8-3-1-2-7-13-11-6-4-5-10(9-11)12(15)16/h10-11,13-14H,1-9H2,(H,15,16). The lowest BCUT2D eigenvalue weighted by Crippen LogP contribution is -2.36. The zero-order valence-electron chi connectivity index (χ0n) is 9.82. The number of nitrogens with one attached hydrogen (secondary N) is 1. The number of hydrogen-bond donors (Lipinski definition) is 3. The maximum atomic E-state index is 10.9. The maximum Gasteiger partial charge on any atom is 0.306 e.